The fraction of sp³-hybridized carbons (Fsp3) is 0.700. The summed E-state index contributed by atoms with van der Waals surface area (Å²) in [5.74, 6) is 0.138. The number of carbonyl (C=O) groups excluding carboxylic acids is 1. The van der Waals surface area contributed by atoms with Crippen LogP contribution in [0.1, 0.15) is 39.0 Å². The van der Waals surface area contributed by atoms with Gasteiger partial charge in [0.2, 0.25) is 0 Å². The Hall–Kier alpha value is -0.630. The van der Waals surface area contributed by atoms with E-state index in [0.29, 0.717) is 6.42 Å². The van der Waals surface area contributed by atoms with E-state index in [9.17, 15) is 4.79 Å². The first-order valence-corrected chi connectivity index (χ1v) is 4.66. The highest BCUT2D eigenvalue weighted by molar-refractivity contribution is 5.98. The second kappa shape index (κ2) is 4.41. The van der Waals surface area contributed by atoms with Crippen molar-refractivity contribution >= 4 is 5.78 Å². The summed E-state index contributed by atoms with van der Waals surface area (Å²) in [5, 5.41) is 9.13. The maximum Gasteiger partial charge on any atom is 0.161 e. The maximum atomic E-state index is 11.2. The van der Waals surface area contributed by atoms with Gasteiger partial charge in [0, 0.05) is 6.42 Å². The van der Waals surface area contributed by atoms with Crippen molar-refractivity contribution in [2.45, 2.75) is 45.1 Å². The number of carbonyl (C=O) groups is 1. The van der Waals surface area contributed by atoms with Crippen LogP contribution in [0.3, 0.4) is 0 Å². The number of hydrogen-bond acceptors (Lipinski definition) is 2. The van der Waals surface area contributed by atoms with Crippen LogP contribution in [-0.4, -0.2) is 17.0 Å². The highest BCUT2D eigenvalue weighted by atomic mass is 16.3. The molecule has 12 heavy (non-hydrogen) atoms. The Balaban J connectivity index is 2.31. The lowest BCUT2D eigenvalue weighted by Crippen LogP contribution is -2.01. The molecule has 0 amide bonds. The molecule has 0 saturated carbocycles. The first-order chi connectivity index (χ1) is 5.74. The van der Waals surface area contributed by atoms with Gasteiger partial charge in [-0.3, -0.25) is 4.79 Å². The van der Waals surface area contributed by atoms with E-state index >= 15 is 0 Å². The molecule has 0 heterocycles. The summed E-state index contributed by atoms with van der Waals surface area (Å²) in [6.45, 7) is 2.14. The first-order valence-electron chi connectivity index (χ1n) is 4.66. The molecule has 0 bridgehead atoms. The summed E-state index contributed by atoms with van der Waals surface area (Å²) in [6.07, 6.45) is 5.77. The van der Waals surface area contributed by atoms with Crippen molar-refractivity contribution in [1.82, 2.24) is 0 Å². The predicted molar refractivity (Wildman–Crippen MR) is 47.9 cm³/mol. The van der Waals surface area contributed by atoms with Crippen LogP contribution < -0.4 is 0 Å². The maximum absolute atomic E-state index is 11.2. The molecular formula is C10H16O2. The predicted octanol–water partition coefficient (Wildman–Crippen LogP) is 1.83. The van der Waals surface area contributed by atoms with Crippen molar-refractivity contribution in [1.29, 1.82) is 0 Å². The second-order valence-corrected chi connectivity index (χ2v) is 3.34. The van der Waals surface area contributed by atoms with E-state index in [1.54, 1.807) is 6.08 Å². The average Bonchev–Trinajstić information content (AvgIpc) is 2.31. The lowest BCUT2D eigenvalue weighted by atomic mass is 10.1. The topological polar surface area (TPSA) is 37.3 Å². The molecule has 0 fully saturated rings. The largest absolute Gasteiger partial charge is 0.389 e. The number of allylic oxidation sites excluding steroid dienone is 1. The van der Waals surface area contributed by atoms with Crippen LogP contribution in [0.2, 0.25) is 0 Å². The van der Waals surface area contributed by atoms with Crippen LogP contribution in [-0.2, 0) is 4.79 Å². The summed E-state index contributed by atoms with van der Waals surface area (Å²) in [6, 6.07) is 0. The van der Waals surface area contributed by atoms with Gasteiger partial charge in [0.15, 0.2) is 5.78 Å². The molecule has 0 spiro atoms. The minimum absolute atomic E-state index is 0.138. The van der Waals surface area contributed by atoms with Crippen molar-refractivity contribution in [2.24, 2.45) is 0 Å². The lowest BCUT2D eigenvalue weighted by molar-refractivity contribution is -0.115. The quantitative estimate of drug-likeness (QED) is 0.650. The molecule has 0 aromatic rings. The standard InChI is InChI=1S/C10H16O2/c1-2-3-4-5-8-6-9(11)7-10(8)12/h6,9,11H,2-5,7H2,1H3/t9-/m0/s1. The molecule has 1 atom stereocenters. The SMILES string of the molecule is CCCCCC1=C[C@H](O)CC1=O. The molecule has 0 unspecified atom stereocenters. The van der Waals surface area contributed by atoms with Gasteiger partial charge in [-0.25, -0.2) is 0 Å². The van der Waals surface area contributed by atoms with Crippen molar-refractivity contribution < 1.29 is 9.90 Å². The number of aliphatic hydroxyl groups excluding tert-OH is 1. The van der Waals surface area contributed by atoms with Gasteiger partial charge < -0.3 is 5.11 Å². The molecule has 0 aromatic carbocycles. The number of hydrogen-bond donors (Lipinski definition) is 1. The van der Waals surface area contributed by atoms with Crippen LogP contribution in [0.5, 0.6) is 0 Å². The monoisotopic (exact) mass is 168 g/mol. The van der Waals surface area contributed by atoms with Crippen LogP contribution in [0.25, 0.3) is 0 Å². The third kappa shape index (κ3) is 2.45. The Bertz CT molecular complexity index is 194. The van der Waals surface area contributed by atoms with E-state index in [1.165, 1.54) is 12.8 Å². The van der Waals surface area contributed by atoms with E-state index in [0.717, 1.165) is 18.4 Å². The first kappa shape index (κ1) is 9.46. The molecule has 0 aliphatic heterocycles. The molecule has 0 saturated heterocycles. The Labute approximate surface area is 73.3 Å². The van der Waals surface area contributed by atoms with Gasteiger partial charge in [-0.05, 0) is 24.5 Å². The fourth-order valence-corrected chi connectivity index (χ4v) is 1.49. The van der Waals surface area contributed by atoms with Crippen molar-refractivity contribution in [3.63, 3.8) is 0 Å². The summed E-state index contributed by atoms with van der Waals surface area (Å²) in [5.41, 5.74) is 0.843. The van der Waals surface area contributed by atoms with E-state index in [2.05, 4.69) is 6.92 Å². The Morgan fingerprint density at radius 1 is 1.58 bits per heavy atom. The average molecular weight is 168 g/mol. The molecular weight excluding hydrogens is 152 g/mol. The zero-order valence-electron chi connectivity index (χ0n) is 7.55. The lowest BCUT2D eigenvalue weighted by Gasteiger charge is -1.97. The number of unbranched alkanes of at least 4 members (excludes halogenated alkanes) is 2. The minimum atomic E-state index is -0.505. The minimum Gasteiger partial charge on any atom is -0.389 e. The number of aliphatic hydroxyl groups is 1. The molecule has 1 rings (SSSR count). The molecule has 0 aromatic heterocycles. The fourth-order valence-electron chi connectivity index (χ4n) is 1.49. The second-order valence-electron chi connectivity index (χ2n) is 3.34. The van der Waals surface area contributed by atoms with Gasteiger partial charge in [-0.1, -0.05) is 19.8 Å². The smallest absolute Gasteiger partial charge is 0.161 e. The van der Waals surface area contributed by atoms with Gasteiger partial charge in [0.1, 0.15) is 0 Å². The van der Waals surface area contributed by atoms with Gasteiger partial charge in [-0.2, -0.15) is 0 Å². The van der Waals surface area contributed by atoms with Crippen LogP contribution in [0, 0.1) is 0 Å². The van der Waals surface area contributed by atoms with Crippen molar-refractivity contribution in [3.05, 3.63) is 11.6 Å². The van der Waals surface area contributed by atoms with Crippen molar-refractivity contribution in [3.8, 4) is 0 Å². The Morgan fingerprint density at radius 3 is 2.83 bits per heavy atom. The molecule has 1 aliphatic carbocycles. The van der Waals surface area contributed by atoms with Crippen LogP contribution in [0.4, 0.5) is 0 Å². The highest BCUT2D eigenvalue weighted by Crippen LogP contribution is 2.20. The Morgan fingerprint density at radius 2 is 2.33 bits per heavy atom. The number of Topliss-reactive ketones (excluding diaryl/α,β-unsaturated/α-hetero) is 1. The van der Waals surface area contributed by atoms with E-state index in [-0.39, 0.29) is 5.78 Å². The van der Waals surface area contributed by atoms with Gasteiger partial charge in [-0.15, -0.1) is 0 Å². The molecule has 1 aliphatic rings. The van der Waals surface area contributed by atoms with E-state index < -0.39 is 6.10 Å². The van der Waals surface area contributed by atoms with Crippen molar-refractivity contribution in [2.75, 3.05) is 0 Å². The normalized spacial score (nSPS) is 23.0. The number of ketones is 1. The summed E-state index contributed by atoms with van der Waals surface area (Å²) in [4.78, 5) is 11.2. The summed E-state index contributed by atoms with van der Waals surface area (Å²) >= 11 is 0. The van der Waals surface area contributed by atoms with E-state index in [4.69, 9.17) is 5.11 Å². The Kier molecular flexibility index (Phi) is 3.48. The van der Waals surface area contributed by atoms with E-state index in [1.807, 2.05) is 0 Å². The van der Waals surface area contributed by atoms with Crippen LogP contribution in [0.15, 0.2) is 11.6 Å². The highest BCUT2D eigenvalue weighted by Gasteiger charge is 2.20. The zero-order chi connectivity index (χ0) is 8.97. The molecule has 2 nitrogen and oxygen atoms in total. The molecule has 2 heteroatoms. The van der Waals surface area contributed by atoms with Crippen LogP contribution >= 0.6 is 0 Å². The molecule has 0 radical (unpaired) electrons. The zero-order valence-corrected chi connectivity index (χ0v) is 7.55. The summed E-state index contributed by atoms with van der Waals surface area (Å²) in [7, 11) is 0. The van der Waals surface area contributed by atoms with Gasteiger partial charge >= 0.3 is 0 Å². The summed E-state index contributed by atoms with van der Waals surface area (Å²) < 4.78 is 0. The van der Waals surface area contributed by atoms with Gasteiger partial charge in [0.05, 0.1) is 6.10 Å². The third-order valence-corrected chi connectivity index (χ3v) is 2.20. The molecule has 1 N–H and O–H groups in total. The van der Waals surface area contributed by atoms with Gasteiger partial charge in [0.25, 0.3) is 0 Å². The molecule has 68 valence electrons. The number of rotatable bonds is 4. The third-order valence-electron chi connectivity index (χ3n) is 2.20.